The minimum atomic E-state index is 0.933. The number of aryl methyl sites for hydroxylation is 1. The number of rotatable bonds is 5. The van der Waals surface area contributed by atoms with Gasteiger partial charge in [0, 0.05) is 18.4 Å². The lowest BCUT2D eigenvalue weighted by molar-refractivity contribution is 0.730. The summed E-state index contributed by atoms with van der Waals surface area (Å²) in [6.07, 6.45) is 7.26. The Hall–Kier alpha value is -1.15. The van der Waals surface area contributed by atoms with Gasteiger partial charge in [-0.25, -0.2) is 0 Å². The van der Waals surface area contributed by atoms with Crippen LogP contribution in [0.25, 0.3) is 6.08 Å². The van der Waals surface area contributed by atoms with Crippen LogP contribution in [-0.2, 0) is 0 Å². The molecular weight excluding hydrogens is 172 g/mol. The van der Waals surface area contributed by atoms with Crippen molar-refractivity contribution < 1.29 is 0 Å². The van der Waals surface area contributed by atoms with E-state index in [4.69, 9.17) is 0 Å². The summed E-state index contributed by atoms with van der Waals surface area (Å²) in [7, 11) is 0. The van der Waals surface area contributed by atoms with Crippen LogP contribution in [0.15, 0.2) is 24.4 Å². The topological polar surface area (TPSA) is 24.9 Å². The first-order valence-corrected chi connectivity index (χ1v) is 5.13. The maximum Gasteiger partial charge on any atom is 0.0444 e. The minimum Gasteiger partial charge on any atom is -0.313 e. The minimum absolute atomic E-state index is 0.933. The fraction of sp³-hybridized carbons (Fsp3) is 0.417. The third-order valence-corrected chi connectivity index (χ3v) is 2.03. The third-order valence-electron chi connectivity index (χ3n) is 2.03. The van der Waals surface area contributed by atoms with Gasteiger partial charge in [-0.1, -0.05) is 25.1 Å². The first-order chi connectivity index (χ1) is 6.84. The van der Waals surface area contributed by atoms with Gasteiger partial charge in [0.2, 0.25) is 0 Å². The van der Waals surface area contributed by atoms with E-state index in [1.165, 1.54) is 12.0 Å². The molecule has 0 amide bonds. The molecule has 1 N–H and O–H groups in total. The quantitative estimate of drug-likeness (QED) is 0.721. The molecular formula is C12H18N2. The van der Waals surface area contributed by atoms with Gasteiger partial charge in [0.05, 0.1) is 0 Å². The zero-order valence-electron chi connectivity index (χ0n) is 8.96. The maximum atomic E-state index is 4.22. The van der Waals surface area contributed by atoms with Crippen LogP contribution >= 0.6 is 0 Å². The molecule has 76 valence electrons. The molecule has 1 heterocycles. The molecule has 0 bridgehead atoms. The highest BCUT2D eigenvalue weighted by molar-refractivity contribution is 5.51. The number of aromatic nitrogens is 1. The summed E-state index contributed by atoms with van der Waals surface area (Å²) in [5, 5.41) is 3.32. The van der Waals surface area contributed by atoms with Crippen molar-refractivity contribution in [2.45, 2.75) is 20.3 Å². The molecule has 0 spiro atoms. The van der Waals surface area contributed by atoms with Crippen LogP contribution in [0.4, 0.5) is 0 Å². The molecule has 14 heavy (non-hydrogen) atoms. The molecule has 0 fully saturated rings. The summed E-state index contributed by atoms with van der Waals surface area (Å²) in [6.45, 7) is 6.21. The molecule has 0 radical (unpaired) electrons. The Labute approximate surface area is 86.1 Å². The molecule has 1 rings (SSSR count). The van der Waals surface area contributed by atoms with Gasteiger partial charge in [-0.2, -0.15) is 0 Å². The largest absolute Gasteiger partial charge is 0.313 e. The van der Waals surface area contributed by atoms with E-state index in [0.29, 0.717) is 0 Å². The van der Waals surface area contributed by atoms with E-state index in [1.54, 1.807) is 0 Å². The lowest BCUT2D eigenvalue weighted by atomic mass is 10.2. The third kappa shape index (κ3) is 3.71. The van der Waals surface area contributed by atoms with Crippen LogP contribution in [0.3, 0.4) is 0 Å². The second-order valence-corrected chi connectivity index (χ2v) is 3.28. The summed E-state index contributed by atoms with van der Waals surface area (Å²) in [5.74, 6) is 0. The normalized spacial score (nSPS) is 11.0. The summed E-state index contributed by atoms with van der Waals surface area (Å²) >= 11 is 0. The summed E-state index contributed by atoms with van der Waals surface area (Å²) in [4.78, 5) is 4.22. The summed E-state index contributed by atoms with van der Waals surface area (Å²) < 4.78 is 0. The molecule has 0 atom stereocenters. The zero-order chi connectivity index (χ0) is 10.2. The standard InChI is InChI=1S/C12H18N2/c1-3-8-13-9-4-6-12-7-5-10-14-11(12)2/h4-7,10,13H,3,8-9H2,1-2H3/b6-4-. The number of nitrogens with zero attached hydrogens (tertiary/aromatic N) is 1. The van der Waals surface area contributed by atoms with Gasteiger partial charge in [-0.05, 0) is 31.5 Å². The number of pyridine rings is 1. The van der Waals surface area contributed by atoms with Gasteiger partial charge in [0.25, 0.3) is 0 Å². The Kier molecular flexibility index (Phi) is 4.94. The average Bonchev–Trinajstić information content (AvgIpc) is 2.20. The van der Waals surface area contributed by atoms with Crippen molar-refractivity contribution in [3.8, 4) is 0 Å². The van der Waals surface area contributed by atoms with Crippen molar-refractivity contribution in [2.24, 2.45) is 0 Å². The van der Waals surface area contributed by atoms with Crippen LogP contribution in [0.2, 0.25) is 0 Å². The molecule has 0 aromatic carbocycles. The fourth-order valence-corrected chi connectivity index (χ4v) is 1.22. The SMILES string of the molecule is CCCNC/C=C\c1cccnc1C. The molecule has 2 heteroatoms. The molecule has 0 aliphatic rings. The Bertz CT molecular complexity index is 292. The predicted octanol–water partition coefficient (Wildman–Crippen LogP) is 2.40. The predicted molar refractivity (Wildman–Crippen MR) is 61.2 cm³/mol. The van der Waals surface area contributed by atoms with Gasteiger partial charge in [0.15, 0.2) is 0 Å². The van der Waals surface area contributed by atoms with Crippen molar-refractivity contribution in [3.63, 3.8) is 0 Å². The van der Waals surface area contributed by atoms with E-state index < -0.39 is 0 Å². The summed E-state index contributed by atoms with van der Waals surface area (Å²) in [5.41, 5.74) is 2.28. The lowest BCUT2D eigenvalue weighted by Gasteiger charge is -1.98. The van der Waals surface area contributed by atoms with Crippen LogP contribution in [0.1, 0.15) is 24.6 Å². The molecule has 1 aromatic rings. The van der Waals surface area contributed by atoms with Gasteiger partial charge < -0.3 is 5.32 Å². The highest BCUT2D eigenvalue weighted by atomic mass is 14.8. The van der Waals surface area contributed by atoms with E-state index in [0.717, 1.165) is 18.8 Å². The van der Waals surface area contributed by atoms with E-state index >= 15 is 0 Å². The van der Waals surface area contributed by atoms with Crippen LogP contribution in [-0.4, -0.2) is 18.1 Å². The molecule has 0 aliphatic carbocycles. The molecule has 0 unspecified atom stereocenters. The second kappa shape index (κ2) is 6.33. The Balaban J connectivity index is 2.40. The maximum absolute atomic E-state index is 4.22. The highest BCUT2D eigenvalue weighted by Gasteiger charge is 1.91. The van der Waals surface area contributed by atoms with Gasteiger partial charge in [-0.3, -0.25) is 4.98 Å². The lowest BCUT2D eigenvalue weighted by Crippen LogP contribution is -2.13. The monoisotopic (exact) mass is 190 g/mol. The molecule has 0 saturated heterocycles. The van der Waals surface area contributed by atoms with Crippen LogP contribution < -0.4 is 5.32 Å². The Morgan fingerprint density at radius 1 is 1.50 bits per heavy atom. The average molecular weight is 190 g/mol. The second-order valence-electron chi connectivity index (χ2n) is 3.28. The van der Waals surface area contributed by atoms with Crippen molar-refractivity contribution in [2.75, 3.05) is 13.1 Å². The molecule has 0 aliphatic heterocycles. The van der Waals surface area contributed by atoms with Crippen LogP contribution in [0.5, 0.6) is 0 Å². The first kappa shape index (κ1) is 10.9. The number of nitrogens with one attached hydrogen (secondary N) is 1. The molecule has 1 aromatic heterocycles. The van der Waals surface area contributed by atoms with Crippen molar-refractivity contribution >= 4 is 6.08 Å². The Morgan fingerprint density at radius 3 is 3.07 bits per heavy atom. The molecule has 2 nitrogen and oxygen atoms in total. The van der Waals surface area contributed by atoms with E-state index in [-0.39, 0.29) is 0 Å². The Morgan fingerprint density at radius 2 is 2.36 bits per heavy atom. The van der Waals surface area contributed by atoms with Crippen LogP contribution in [0, 0.1) is 6.92 Å². The molecule has 0 saturated carbocycles. The summed E-state index contributed by atoms with van der Waals surface area (Å²) in [6, 6.07) is 4.05. The van der Waals surface area contributed by atoms with Crippen molar-refractivity contribution in [1.82, 2.24) is 10.3 Å². The highest BCUT2D eigenvalue weighted by Crippen LogP contribution is 2.04. The van der Waals surface area contributed by atoms with E-state index in [2.05, 4.69) is 35.4 Å². The number of hydrogen-bond donors (Lipinski definition) is 1. The fourth-order valence-electron chi connectivity index (χ4n) is 1.22. The van der Waals surface area contributed by atoms with E-state index in [9.17, 15) is 0 Å². The van der Waals surface area contributed by atoms with Gasteiger partial charge >= 0.3 is 0 Å². The first-order valence-electron chi connectivity index (χ1n) is 5.13. The smallest absolute Gasteiger partial charge is 0.0444 e. The van der Waals surface area contributed by atoms with E-state index in [1.807, 2.05) is 19.2 Å². The van der Waals surface area contributed by atoms with Crippen molar-refractivity contribution in [1.29, 1.82) is 0 Å². The van der Waals surface area contributed by atoms with Crippen molar-refractivity contribution in [3.05, 3.63) is 35.7 Å². The zero-order valence-corrected chi connectivity index (χ0v) is 8.96. The number of hydrogen-bond acceptors (Lipinski definition) is 2. The van der Waals surface area contributed by atoms with Gasteiger partial charge in [0.1, 0.15) is 0 Å². The van der Waals surface area contributed by atoms with Gasteiger partial charge in [-0.15, -0.1) is 0 Å².